The lowest BCUT2D eigenvalue weighted by molar-refractivity contribution is 0.0115. The van der Waals surface area contributed by atoms with Crippen LogP contribution in [0.1, 0.15) is 18.4 Å². The van der Waals surface area contributed by atoms with Gasteiger partial charge in [-0.2, -0.15) is 9.61 Å². The summed E-state index contributed by atoms with van der Waals surface area (Å²) in [6, 6.07) is 23.3. The molecule has 3 aromatic carbocycles. The fourth-order valence-corrected chi connectivity index (χ4v) is 5.40. The monoisotopic (exact) mass is 532 g/mol. The van der Waals surface area contributed by atoms with E-state index in [1.54, 1.807) is 18.3 Å². The minimum Gasteiger partial charge on any atom is -0.385 e. The van der Waals surface area contributed by atoms with Crippen LogP contribution in [0.2, 0.25) is 10.0 Å². The van der Waals surface area contributed by atoms with Crippen molar-refractivity contribution in [3.05, 3.63) is 106 Å². The molecule has 6 rings (SSSR count). The Balaban J connectivity index is 1.43. The van der Waals surface area contributed by atoms with Crippen LogP contribution in [-0.4, -0.2) is 32.8 Å². The molecule has 1 saturated heterocycles. The predicted octanol–water partition coefficient (Wildman–Crippen LogP) is 7.00. The van der Waals surface area contributed by atoms with E-state index >= 15 is 0 Å². The number of hydrogen-bond donors (Lipinski definition) is 1. The van der Waals surface area contributed by atoms with E-state index in [0.717, 1.165) is 33.8 Å². The van der Waals surface area contributed by atoms with Crippen molar-refractivity contribution in [2.45, 2.75) is 18.4 Å². The van der Waals surface area contributed by atoms with Crippen LogP contribution in [0.25, 0.3) is 28.0 Å². The van der Waals surface area contributed by atoms with Gasteiger partial charge in [-0.3, -0.25) is 0 Å². The topological polar surface area (TPSA) is 53.7 Å². The van der Waals surface area contributed by atoms with Gasteiger partial charge in [0.15, 0.2) is 5.65 Å². The summed E-state index contributed by atoms with van der Waals surface area (Å²) in [4.78, 5) is 6.90. The van der Waals surface area contributed by atoms with E-state index in [-0.39, 0.29) is 5.82 Å². The van der Waals surface area contributed by atoms with E-state index < -0.39 is 5.60 Å². The summed E-state index contributed by atoms with van der Waals surface area (Å²) < 4.78 is 15.3. The first-order chi connectivity index (χ1) is 17.9. The van der Waals surface area contributed by atoms with Crippen LogP contribution in [0.4, 0.5) is 10.2 Å². The average Bonchev–Trinajstić information content (AvgIpc) is 3.30. The van der Waals surface area contributed by atoms with Gasteiger partial charge in [-0.25, -0.2) is 9.37 Å². The number of benzene rings is 3. The first-order valence-corrected chi connectivity index (χ1v) is 12.8. The molecule has 8 heteroatoms. The number of rotatable bonds is 4. The summed E-state index contributed by atoms with van der Waals surface area (Å²) in [5.41, 5.74) is 3.78. The van der Waals surface area contributed by atoms with Crippen molar-refractivity contribution in [2.75, 3.05) is 18.0 Å². The van der Waals surface area contributed by atoms with Gasteiger partial charge in [0.1, 0.15) is 17.3 Å². The molecule has 186 valence electrons. The number of nitrogens with zero attached hydrogens (tertiary/aromatic N) is 4. The van der Waals surface area contributed by atoms with Crippen molar-refractivity contribution in [3.63, 3.8) is 0 Å². The highest BCUT2D eigenvalue weighted by molar-refractivity contribution is 6.33. The SMILES string of the molecule is OC1(c2ccc(F)cc2)CCN(c2ccnc3c(-c4ccc(Cl)cc4)c(-c4ccccc4Cl)nn23)CC1. The third-order valence-electron chi connectivity index (χ3n) is 7.06. The van der Waals surface area contributed by atoms with E-state index in [1.165, 1.54) is 12.1 Å². The maximum Gasteiger partial charge on any atom is 0.165 e. The summed E-state index contributed by atoms with van der Waals surface area (Å²) in [5, 5.41) is 17.6. The average molecular weight is 533 g/mol. The Kier molecular flexibility index (Phi) is 6.11. The maximum atomic E-state index is 13.4. The molecule has 1 N–H and O–H groups in total. The predicted molar refractivity (Wildman–Crippen MR) is 146 cm³/mol. The van der Waals surface area contributed by atoms with Gasteiger partial charge >= 0.3 is 0 Å². The van der Waals surface area contributed by atoms with Crippen molar-refractivity contribution in [1.29, 1.82) is 0 Å². The number of halogens is 3. The Morgan fingerprint density at radius 2 is 1.57 bits per heavy atom. The van der Waals surface area contributed by atoms with Crippen LogP contribution in [0.5, 0.6) is 0 Å². The van der Waals surface area contributed by atoms with E-state index in [9.17, 15) is 9.50 Å². The number of anilines is 1. The molecule has 1 aliphatic heterocycles. The normalized spacial score (nSPS) is 15.3. The molecule has 3 heterocycles. The standard InChI is InChI=1S/C29H23Cl2FN4O/c30-21-9-5-19(6-10-21)26-27(23-3-1-2-4-24(23)31)34-36-25(13-16-33-28(26)36)35-17-14-29(37,15-18-35)20-7-11-22(32)12-8-20/h1-13,16,37H,14-15,17-18H2. The molecule has 1 aliphatic rings. The fraction of sp³-hybridized carbons (Fsp3) is 0.172. The number of aliphatic hydroxyl groups is 1. The van der Waals surface area contributed by atoms with Crippen LogP contribution in [0.3, 0.4) is 0 Å². The zero-order valence-electron chi connectivity index (χ0n) is 19.8. The molecule has 0 spiro atoms. The molecule has 0 radical (unpaired) electrons. The highest BCUT2D eigenvalue weighted by Gasteiger charge is 2.35. The van der Waals surface area contributed by atoms with Gasteiger partial charge in [0.2, 0.25) is 0 Å². The molecule has 0 atom stereocenters. The Hall–Kier alpha value is -3.45. The Morgan fingerprint density at radius 1 is 0.865 bits per heavy atom. The van der Waals surface area contributed by atoms with Crippen LogP contribution in [0.15, 0.2) is 85.1 Å². The summed E-state index contributed by atoms with van der Waals surface area (Å²) in [6.45, 7) is 1.20. The molecule has 1 fully saturated rings. The van der Waals surface area contributed by atoms with Gasteiger partial charge in [0.05, 0.1) is 16.2 Å². The van der Waals surface area contributed by atoms with Gasteiger partial charge in [-0.1, -0.05) is 65.7 Å². The van der Waals surface area contributed by atoms with E-state index in [1.807, 2.05) is 59.1 Å². The number of aromatic nitrogens is 3. The van der Waals surface area contributed by atoms with Crippen LogP contribution in [-0.2, 0) is 5.60 Å². The number of hydrogen-bond acceptors (Lipinski definition) is 4. The fourth-order valence-electron chi connectivity index (χ4n) is 5.05. The van der Waals surface area contributed by atoms with Crippen molar-refractivity contribution < 1.29 is 9.50 Å². The summed E-state index contributed by atoms with van der Waals surface area (Å²) >= 11 is 12.8. The molecule has 0 bridgehead atoms. The first-order valence-electron chi connectivity index (χ1n) is 12.0. The minimum atomic E-state index is -1.00. The van der Waals surface area contributed by atoms with Crippen molar-refractivity contribution >= 4 is 34.7 Å². The summed E-state index contributed by atoms with van der Waals surface area (Å²) in [7, 11) is 0. The van der Waals surface area contributed by atoms with Crippen molar-refractivity contribution in [1.82, 2.24) is 14.6 Å². The second-order valence-corrected chi connectivity index (χ2v) is 10.1. The largest absolute Gasteiger partial charge is 0.385 e. The van der Waals surface area contributed by atoms with E-state index in [2.05, 4.69) is 4.90 Å². The third-order valence-corrected chi connectivity index (χ3v) is 7.64. The van der Waals surface area contributed by atoms with E-state index in [0.29, 0.717) is 41.6 Å². The second-order valence-electron chi connectivity index (χ2n) is 9.27. The second kappa shape index (κ2) is 9.45. The van der Waals surface area contributed by atoms with Crippen molar-refractivity contribution in [3.8, 4) is 22.4 Å². The molecule has 0 unspecified atom stereocenters. The van der Waals surface area contributed by atoms with Gasteiger partial charge < -0.3 is 10.0 Å². The lowest BCUT2D eigenvalue weighted by Crippen LogP contribution is -2.43. The first kappa shape index (κ1) is 23.9. The van der Waals surface area contributed by atoms with Crippen molar-refractivity contribution in [2.24, 2.45) is 0 Å². The minimum absolute atomic E-state index is 0.312. The summed E-state index contributed by atoms with van der Waals surface area (Å²) in [6.07, 6.45) is 2.79. The summed E-state index contributed by atoms with van der Waals surface area (Å²) in [5.74, 6) is 0.563. The Bertz CT molecular complexity index is 1580. The Morgan fingerprint density at radius 3 is 2.27 bits per heavy atom. The third kappa shape index (κ3) is 4.35. The highest BCUT2D eigenvalue weighted by atomic mass is 35.5. The molecular weight excluding hydrogens is 510 g/mol. The molecule has 0 saturated carbocycles. The maximum absolute atomic E-state index is 13.4. The zero-order valence-corrected chi connectivity index (χ0v) is 21.3. The molecular formula is C29H23Cl2FN4O. The lowest BCUT2D eigenvalue weighted by Gasteiger charge is -2.39. The molecule has 0 amide bonds. The smallest absolute Gasteiger partial charge is 0.165 e. The van der Waals surface area contributed by atoms with Gasteiger partial charge in [-0.05, 0) is 60.4 Å². The number of fused-ring (bicyclic) bond motifs is 1. The van der Waals surface area contributed by atoms with Crippen LogP contribution in [0, 0.1) is 5.82 Å². The lowest BCUT2D eigenvalue weighted by atomic mass is 9.84. The molecule has 0 aliphatic carbocycles. The molecule has 5 nitrogen and oxygen atoms in total. The van der Waals surface area contributed by atoms with Gasteiger partial charge in [-0.15, -0.1) is 0 Å². The number of piperidine rings is 1. The Labute approximate surface area is 223 Å². The highest BCUT2D eigenvalue weighted by Crippen LogP contribution is 2.40. The van der Waals surface area contributed by atoms with Crippen LogP contribution < -0.4 is 4.90 Å². The molecule has 37 heavy (non-hydrogen) atoms. The van der Waals surface area contributed by atoms with Gasteiger partial charge in [0.25, 0.3) is 0 Å². The molecule has 5 aromatic rings. The zero-order chi connectivity index (χ0) is 25.6. The van der Waals surface area contributed by atoms with Gasteiger partial charge in [0, 0.05) is 29.9 Å². The molecule has 2 aromatic heterocycles. The van der Waals surface area contributed by atoms with E-state index in [4.69, 9.17) is 33.3 Å². The quantitative estimate of drug-likeness (QED) is 0.270. The van der Waals surface area contributed by atoms with Crippen LogP contribution >= 0.6 is 23.2 Å².